The van der Waals surface area contributed by atoms with Crippen LogP contribution in [0.1, 0.15) is 41.7 Å². The Morgan fingerprint density at radius 3 is 2.87 bits per heavy atom. The van der Waals surface area contributed by atoms with E-state index in [0.717, 1.165) is 41.9 Å². The predicted octanol–water partition coefficient (Wildman–Crippen LogP) is 4.34. The molecule has 3 aromatic rings. The van der Waals surface area contributed by atoms with Crippen LogP contribution in [0.2, 0.25) is 0 Å². The van der Waals surface area contributed by atoms with E-state index >= 15 is 0 Å². The normalized spacial score (nSPS) is 11.2. The summed E-state index contributed by atoms with van der Waals surface area (Å²) in [6.07, 6.45) is 7.32. The highest BCUT2D eigenvalue weighted by Gasteiger charge is 2.21. The van der Waals surface area contributed by atoms with Gasteiger partial charge in [0.25, 0.3) is 0 Å². The molecule has 3 heterocycles. The minimum atomic E-state index is -0.351. The van der Waals surface area contributed by atoms with Crippen LogP contribution >= 0.6 is 24.0 Å². The molecule has 0 amide bonds. The topological polar surface area (TPSA) is 82.0 Å². The number of carbonyl (C=O) groups excluding carboxylic acids is 1. The SMILES string of the molecule is CCCCCc1nc(-c2ccoc2)c2c(N)c(C(=O)S)sc2n1. The van der Waals surface area contributed by atoms with Crippen LogP contribution < -0.4 is 5.73 Å². The second-order valence-corrected chi connectivity index (χ2v) is 6.69. The van der Waals surface area contributed by atoms with E-state index in [-0.39, 0.29) is 5.12 Å². The van der Waals surface area contributed by atoms with Crippen LogP contribution in [0.15, 0.2) is 23.0 Å². The van der Waals surface area contributed by atoms with Gasteiger partial charge in [0.1, 0.15) is 15.5 Å². The monoisotopic (exact) mass is 347 g/mol. The molecule has 0 saturated heterocycles. The fraction of sp³-hybridized carbons (Fsp3) is 0.312. The lowest BCUT2D eigenvalue weighted by atomic mass is 10.1. The number of thiophene rings is 1. The largest absolute Gasteiger partial charge is 0.472 e. The lowest BCUT2D eigenvalue weighted by Crippen LogP contribution is -1.99. The van der Waals surface area contributed by atoms with Crippen molar-refractivity contribution < 1.29 is 9.21 Å². The summed E-state index contributed by atoms with van der Waals surface area (Å²) in [5, 5.41) is 0.351. The van der Waals surface area contributed by atoms with Crippen LogP contribution in [0.5, 0.6) is 0 Å². The van der Waals surface area contributed by atoms with Crippen molar-refractivity contribution in [1.29, 1.82) is 0 Å². The van der Waals surface area contributed by atoms with Gasteiger partial charge < -0.3 is 10.2 Å². The first-order valence-electron chi connectivity index (χ1n) is 7.46. The smallest absolute Gasteiger partial charge is 0.228 e. The average molecular weight is 347 g/mol. The predicted molar refractivity (Wildman–Crippen MR) is 96.1 cm³/mol. The summed E-state index contributed by atoms with van der Waals surface area (Å²) >= 11 is 5.16. The maximum absolute atomic E-state index is 11.7. The van der Waals surface area contributed by atoms with Crippen molar-refractivity contribution in [2.45, 2.75) is 32.6 Å². The zero-order valence-electron chi connectivity index (χ0n) is 12.7. The lowest BCUT2D eigenvalue weighted by molar-refractivity contribution is 0.109. The molecule has 0 atom stereocenters. The van der Waals surface area contributed by atoms with Gasteiger partial charge in [-0.15, -0.1) is 11.3 Å². The molecule has 23 heavy (non-hydrogen) atoms. The second-order valence-electron chi connectivity index (χ2n) is 5.29. The van der Waals surface area contributed by atoms with Crippen molar-refractivity contribution in [3.63, 3.8) is 0 Å². The number of rotatable bonds is 6. The highest BCUT2D eigenvalue weighted by molar-refractivity contribution is 7.97. The fourth-order valence-electron chi connectivity index (χ4n) is 2.48. The third-order valence-electron chi connectivity index (χ3n) is 3.63. The van der Waals surface area contributed by atoms with Gasteiger partial charge in [0.15, 0.2) is 0 Å². The molecule has 120 valence electrons. The summed E-state index contributed by atoms with van der Waals surface area (Å²) in [6, 6.07) is 1.83. The number of furan rings is 1. The summed E-state index contributed by atoms with van der Waals surface area (Å²) in [5.41, 5.74) is 8.08. The molecule has 7 heteroatoms. The molecule has 0 radical (unpaired) electrons. The maximum atomic E-state index is 11.7. The Morgan fingerprint density at radius 2 is 2.22 bits per heavy atom. The molecule has 2 N–H and O–H groups in total. The number of unbranched alkanes of at least 4 members (excludes halogenated alkanes) is 2. The Labute approximate surface area is 143 Å². The molecule has 0 aromatic carbocycles. The number of fused-ring (bicyclic) bond motifs is 1. The van der Waals surface area contributed by atoms with Gasteiger partial charge in [-0.1, -0.05) is 32.4 Å². The van der Waals surface area contributed by atoms with Gasteiger partial charge in [0.05, 0.1) is 29.3 Å². The van der Waals surface area contributed by atoms with Gasteiger partial charge in [0, 0.05) is 12.0 Å². The van der Waals surface area contributed by atoms with Crippen LogP contribution in [0.4, 0.5) is 5.69 Å². The van der Waals surface area contributed by atoms with Crippen molar-refractivity contribution in [1.82, 2.24) is 9.97 Å². The summed E-state index contributed by atoms with van der Waals surface area (Å²) in [6.45, 7) is 2.16. The molecule has 0 bridgehead atoms. The molecule has 0 saturated carbocycles. The van der Waals surface area contributed by atoms with Crippen LogP contribution in [0.3, 0.4) is 0 Å². The minimum Gasteiger partial charge on any atom is -0.472 e. The number of thiol groups is 1. The van der Waals surface area contributed by atoms with Crippen molar-refractivity contribution in [2.75, 3.05) is 5.73 Å². The number of anilines is 1. The lowest BCUT2D eigenvalue weighted by Gasteiger charge is -2.05. The van der Waals surface area contributed by atoms with E-state index in [1.165, 1.54) is 11.3 Å². The van der Waals surface area contributed by atoms with E-state index in [0.29, 0.717) is 21.6 Å². The van der Waals surface area contributed by atoms with Crippen molar-refractivity contribution in [3.05, 3.63) is 29.3 Å². The van der Waals surface area contributed by atoms with Gasteiger partial charge >= 0.3 is 0 Å². The molecule has 0 aliphatic heterocycles. The Balaban J connectivity index is 2.17. The number of carbonyl (C=O) groups is 1. The van der Waals surface area contributed by atoms with E-state index < -0.39 is 0 Å². The van der Waals surface area contributed by atoms with Crippen molar-refractivity contribution >= 4 is 45.0 Å². The minimum absolute atomic E-state index is 0.351. The summed E-state index contributed by atoms with van der Waals surface area (Å²) in [4.78, 5) is 22.0. The number of hydrogen-bond acceptors (Lipinski definition) is 6. The molecular weight excluding hydrogens is 330 g/mol. The quantitative estimate of drug-likeness (QED) is 0.512. The number of aromatic nitrogens is 2. The molecule has 0 spiro atoms. The van der Waals surface area contributed by atoms with Gasteiger partial charge in [-0.25, -0.2) is 9.97 Å². The molecular formula is C16H17N3O2S2. The van der Waals surface area contributed by atoms with E-state index in [4.69, 9.17) is 10.2 Å². The summed E-state index contributed by atoms with van der Waals surface area (Å²) < 4.78 is 5.17. The Morgan fingerprint density at radius 1 is 1.39 bits per heavy atom. The van der Waals surface area contributed by atoms with Crippen LogP contribution in [0.25, 0.3) is 21.5 Å². The molecule has 0 aliphatic rings. The Kier molecular flexibility index (Phi) is 4.68. The Hall–Kier alpha value is -1.86. The number of hydrogen-bond donors (Lipinski definition) is 2. The molecule has 3 rings (SSSR count). The number of nitrogens with two attached hydrogens (primary N) is 1. The fourth-order valence-corrected chi connectivity index (χ4v) is 3.69. The van der Waals surface area contributed by atoms with Gasteiger partial charge in [-0.2, -0.15) is 0 Å². The molecule has 0 aliphatic carbocycles. The highest BCUT2D eigenvalue weighted by Crippen LogP contribution is 2.39. The zero-order valence-corrected chi connectivity index (χ0v) is 14.4. The van der Waals surface area contributed by atoms with Crippen LogP contribution in [0, 0.1) is 0 Å². The first-order valence-corrected chi connectivity index (χ1v) is 8.73. The van der Waals surface area contributed by atoms with E-state index in [2.05, 4.69) is 29.5 Å². The summed E-state index contributed by atoms with van der Waals surface area (Å²) in [5.74, 6) is 0.765. The van der Waals surface area contributed by atoms with E-state index in [1.807, 2.05) is 6.07 Å². The van der Waals surface area contributed by atoms with E-state index in [9.17, 15) is 4.79 Å². The van der Waals surface area contributed by atoms with E-state index in [1.54, 1.807) is 12.5 Å². The van der Waals surface area contributed by atoms with Gasteiger partial charge in [-0.3, -0.25) is 4.79 Å². The second kappa shape index (κ2) is 6.72. The molecule has 5 nitrogen and oxygen atoms in total. The molecule has 0 fully saturated rings. The first kappa shape index (κ1) is 16.0. The number of aryl methyl sites for hydroxylation is 1. The third-order valence-corrected chi connectivity index (χ3v) is 5.10. The highest BCUT2D eigenvalue weighted by atomic mass is 32.1. The standard InChI is InChI=1S/C16H17N3O2S2/c1-2-3-4-5-10-18-13(9-6-7-21-8-9)11-12(17)14(16(20)22)23-15(11)19-10/h6-8H,2-5,17H2,1H3,(H,20,22). The van der Waals surface area contributed by atoms with Gasteiger partial charge in [0.2, 0.25) is 5.12 Å². The van der Waals surface area contributed by atoms with Crippen molar-refractivity contribution in [3.8, 4) is 11.3 Å². The van der Waals surface area contributed by atoms with Crippen LogP contribution in [-0.2, 0) is 6.42 Å². The molecule has 3 aromatic heterocycles. The van der Waals surface area contributed by atoms with Crippen molar-refractivity contribution in [2.24, 2.45) is 0 Å². The third kappa shape index (κ3) is 3.11. The zero-order chi connectivity index (χ0) is 16.4. The average Bonchev–Trinajstić information content (AvgIpc) is 3.15. The first-order chi connectivity index (χ1) is 11.1. The number of nitrogens with zero attached hydrogens (tertiary/aromatic N) is 2. The molecule has 0 unspecified atom stereocenters. The number of nitrogen functional groups attached to an aromatic ring is 1. The van der Waals surface area contributed by atoms with Crippen LogP contribution in [-0.4, -0.2) is 15.1 Å². The summed E-state index contributed by atoms with van der Waals surface area (Å²) in [7, 11) is 0. The van der Waals surface area contributed by atoms with Gasteiger partial charge in [-0.05, 0) is 12.5 Å². The maximum Gasteiger partial charge on any atom is 0.228 e. The Bertz CT molecular complexity index is 841.